The smallest absolute Gasteiger partial charge is 0.308 e. The lowest BCUT2D eigenvalue weighted by molar-refractivity contribution is -0.121. The van der Waals surface area contributed by atoms with Gasteiger partial charge in [-0.25, -0.2) is 0 Å². The number of hydrogen-bond donors (Lipinski definition) is 1. The number of aromatic nitrogens is 1. The first-order valence-corrected chi connectivity index (χ1v) is 5.86. The second kappa shape index (κ2) is 3.81. The van der Waals surface area contributed by atoms with E-state index in [1.807, 2.05) is 13.8 Å². The van der Waals surface area contributed by atoms with Gasteiger partial charge in [0, 0.05) is 16.6 Å². The van der Waals surface area contributed by atoms with E-state index in [1.165, 1.54) is 15.9 Å². The van der Waals surface area contributed by atoms with Gasteiger partial charge < -0.3 is 5.32 Å². The SMILES string of the molecule is Cc1sc(=O)n(CC(=O)NC2CC2)c1C. The van der Waals surface area contributed by atoms with Crippen molar-refractivity contribution in [3.05, 3.63) is 20.2 Å². The molecule has 1 aromatic rings. The van der Waals surface area contributed by atoms with E-state index in [9.17, 15) is 9.59 Å². The minimum Gasteiger partial charge on any atom is -0.352 e. The molecule has 15 heavy (non-hydrogen) atoms. The number of thiazole rings is 1. The van der Waals surface area contributed by atoms with Crippen molar-refractivity contribution in [3.63, 3.8) is 0 Å². The maximum Gasteiger partial charge on any atom is 0.308 e. The molecule has 1 amide bonds. The number of nitrogens with zero attached hydrogens (tertiary/aromatic N) is 1. The highest BCUT2D eigenvalue weighted by Gasteiger charge is 2.23. The van der Waals surface area contributed by atoms with Crippen molar-refractivity contribution >= 4 is 17.2 Å². The van der Waals surface area contributed by atoms with Gasteiger partial charge in [0.1, 0.15) is 6.54 Å². The van der Waals surface area contributed by atoms with E-state index >= 15 is 0 Å². The van der Waals surface area contributed by atoms with Gasteiger partial charge in [0.25, 0.3) is 0 Å². The molecule has 1 N–H and O–H groups in total. The molecular formula is C10H14N2O2S. The van der Waals surface area contributed by atoms with Crippen LogP contribution in [0.15, 0.2) is 4.79 Å². The minimum atomic E-state index is -0.0551. The molecule has 1 aliphatic rings. The topological polar surface area (TPSA) is 51.1 Å². The quantitative estimate of drug-likeness (QED) is 0.829. The summed E-state index contributed by atoms with van der Waals surface area (Å²) in [4.78, 5) is 23.9. The van der Waals surface area contributed by atoms with Crippen LogP contribution in [0.5, 0.6) is 0 Å². The first kappa shape index (κ1) is 10.4. The summed E-state index contributed by atoms with van der Waals surface area (Å²) in [5, 5.41) is 2.87. The molecule has 0 aliphatic heterocycles. The van der Waals surface area contributed by atoms with Gasteiger partial charge >= 0.3 is 4.87 Å². The van der Waals surface area contributed by atoms with Crippen LogP contribution in [-0.4, -0.2) is 16.5 Å². The molecule has 0 spiro atoms. The monoisotopic (exact) mass is 226 g/mol. The number of amides is 1. The van der Waals surface area contributed by atoms with E-state index in [4.69, 9.17) is 0 Å². The number of nitrogens with one attached hydrogen (secondary N) is 1. The van der Waals surface area contributed by atoms with Crippen molar-refractivity contribution in [2.45, 2.75) is 39.3 Å². The van der Waals surface area contributed by atoms with Crippen LogP contribution >= 0.6 is 11.3 Å². The van der Waals surface area contributed by atoms with Gasteiger partial charge in [0.2, 0.25) is 5.91 Å². The Hall–Kier alpha value is -1.10. The third kappa shape index (κ3) is 2.28. The van der Waals surface area contributed by atoms with Crippen LogP contribution in [-0.2, 0) is 11.3 Å². The summed E-state index contributed by atoms with van der Waals surface area (Å²) < 4.78 is 1.54. The second-order valence-corrected chi connectivity index (χ2v) is 5.10. The summed E-state index contributed by atoms with van der Waals surface area (Å²) in [7, 11) is 0. The Morgan fingerprint density at radius 1 is 1.53 bits per heavy atom. The average Bonchev–Trinajstić information content (AvgIpc) is 2.92. The third-order valence-electron chi connectivity index (χ3n) is 2.62. The van der Waals surface area contributed by atoms with Gasteiger partial charge in [0.05, 0.1) is 0 Å². The molecule has 4 nitrogen and oxygen atoms in total. The Bertz CT molecular complexity index is 443. The molecule has 1 aromatic heterocycles. The molecule has 0 atom stereocenters. The van der Waals surface area contributed by atoms with Crippen molar-refractivity contribution in [3.8, 4) is 0 Å². The Balaban J connectivity index is 2.08. The molecule has 1 saturated carbocycles. The van der Waals surface area contributed by atoms with Gasteiger partial charge in [-0.05, 0) is 26.7 Å². The minimum absolute atomic E-state index is 0.0454. The van der Waals surface area contributed by atoms with E-state index in [-0.39, 0.29) is 17.3 Å². The molecule has 1 aliphatic carbocycles. The van der Waals surface area contributed by atoms with Crippen LogP contribution in [0.3, 0.4) is 0 Å². The zero-order valence-electron chi connectivity index (χ0n) is 8.87. The lowest BCUT2D eigenvalue weighted by Crippen LogP contribution is -2.32. The zero-order chi connectivity index (χ0) is 11.0. The summed E-state index contributed by atoms with van der Waals surface area (Å²) in [5.41, 5.74) is 0.899. The largest absolute Gasteiger partial charge is 0.352 e. The van der Waals surface area contributed by atoms with E-state index in [0.717, 1.165) is 23.4 Å². The van der Waals surface area contributed by atoms with Gasteiger partial charge in [-0.15, -0.1) is 0 Å². The molecule has 0 aromatic carbocycles. The van der Waals surface area contributed by atoms with E-state index in [1.54, 1.807) is 0 Å². The highest BCUT2D eigenvalue weighted by Crippen LogP contribution is 2.18. The van der Waals surface area contributed by atoms with Crippen molar-refractivity contribution in [1.82, 2.24) is 9.88 Å². The van der Waals surface area contributed by atoms with Gasteiger partial charge in [0.15, 0.2) is 0 Å². The van der Waals surface area contributed by atoms with Crippen LogP contribution in [0.1, 0.15) is 23.4 Å². The van der Waals surface area contributed by atoms with E-state index < -0.39 is 0 Å². The molecule has 1 heterocycles. The molecule has 5 heteroatoms. The fourth-order valence-electron chi connectivity index (χ4n) is 1.41. The van der Waals surface area contributed by atoms with Crippen molar-refractivity contribution in [2.24, 2.45) is 0 Å². The molecule has 2 rings (SSSR count). The van der Waals surface area contributed by atoms with Crippen molar-refractivity contribution < 1.29 is 4.79 Å². The van der Waals surface area contributed by atoms with Crippen LogP contribution < -0.4 is 10.2 Å². The summed E-state index contributed by atoms with van der Waals surface area (Å²) in [6.45, 7) is 3.93. The van der Waals surface area contributed by atoms with E-state index in [2.05, 4.69) is 5.32 Å². The zero-order valence-corrected chi connectivity index (χ0v) is 9.69. The average molecular weight is 226 g/mol. The molecule has 0 radical (unpaired) electrons. The third-order valence-corrected chi connectivity index (χ3v) is 3.62. The lowest BCUT2D eigenvalue weighted by Gasteiger charge is -2.05. The lowest BCUT2D eigenvalue weighted by atomic mass is 10.4. The standard InChI is InChI=1S/C10H14N2O2S/c1-6-7(2)15-10(14)12(6)5-9(13)11-8-3-4-8/h8H,3-5H2,1-2H3,(H,11,13). The number of hydrogen-bond acceptors (Lipinski definition) is 3. The predicted octanol–water partition coefficient (Wildman–Crippen LogP) is 0.805. The van der Waals surface area contributed by atoms with Gasteiger partial charge in [-0.3, -0.25) is 14.2 Å². The maximum absolute atomic E-state index is 11.5. The predicted molar refractivity (Wildman–Crippen MR) is 59.2 cm³/mol. The van der Waals surface area contributed by atoms with E-state index in [0.29, 0.717) is 6.04 Å². The second-order valence-electron chi connectivity index (χ2n) is 3.94. The summed E-state index contributed by atoms with van der Waals surface area (Å²) >= 11 is 1.20. The molecule has 0 saturated heterocycles. The Labute approximate surface area is 91.9 Å². The number of aryl methyl sites for hydroxylation is 1. The summed E-state index contributed by atoms with van der Waals surface area (Å²) in [5.74, 6) is -0.0551. The Morgan fingerprint density at radius 3 is 2.67 bits per heavy atom. The molecular weight excluding hydrogens is 212 g/mol. The fourth-order valence-corrected chi connectivity index (χ4v) is 2.25. The molecule has 0 bridgehead atoms. The summed E-state index contributed by atoms with van der Waals surface area (Å²) in [6.07, 6.45) is 2.14. The van der Waals surface area contributed by atoms with Crippen LogP contribution in [0.2, 0.25) is 0 Å². The number of carbonyl (C=O) groups is 1. The Morgan fingerprint density at radius 2 is 2.20 bits per heavy atom. The first-order valence-electron chi connectivity index (χ1n) is 5.04. The maximum atomic E-state index is 11.5. The summed E-state index contributed by atoms with van der Waals surface area (Å²) in [6, 6.07) is 0.355. The fraction of sp³-hybridized carbons (Fsp3) is 0.600. The van der Waals surface area contributed by atoms with Crippen LogP contribution in [0.25, 0.3) is 0 Å². The highest BCUT2D eigenvalue weighted by molar-refractivity contribution is 7.09. The molecule has 1 fully saturated rings. The molecule has 0 unspecified atom stereocenters. The van der Waals surface area contributed by atoms with Crippen LogP contribution in [0, 0.1) is 13.8 Å². The van der Waals surface area contributed by atoms with Crippen LogP contribution in [0.4, 0.5) is 0 Å². The Kier molecular flexibility index (Phi) is 2.65. The molecule has 82 valence electrons. The van der Waals surface area contributed by atoms with Crippen molar-refractivity contribution in [2.75, 3.05) is 0 Å². The number of rotatable bonds is 3. The van der Waals surface area contributed by atoms with Gasteiger partial charge in [-0.2, -0.15) is 0 Å². The van der Waals surface area contributed by atoms with Crippen molar-refractivity contribution in [1.29, 1.82) is 0 Å². The normalized spacial score (nSPS) is 15.3. The first-order chi connectivity index (χ1) is 7.08. The van der Waals surface area contributed by atoms with Gasteiger partial charge in [-0.1, -0.05) is 11.3 Å². The highest BCUT2D eigenvalue weighted by atomic mass is 32.1. The number of carbonyl (C=O) groups excluding carboxylic acids is 1.